The molecule has 1 spiro atoms. The molecule has 0 atom stereocenters. The van der Waals surface area contributed by atoms with Gasteiger partial charge in [0.1, 0.15) is 6.54 Å². The average Bonchev–Trinajstić information content (AvgIpc) is 3.03. The van der Waals surface area contributed by atoms with E-state index in [0.29, 0.717) is 11.5 Å². The van der Waals surface area contributed by atoms with Crippen LogP contribution >= 0.6 is 0 Å². The molecule has 25 heavy (non-hydrogen) atoms. The van der Waals surface area contributed by atoms with Gasteiger partial charge in [0.05, 0.1) is 0 Å². The summed E-state index contributed by atoms with van der Waals surface area (Å²) in [7, 11) is 3.55. The van der Waals surface area contributed by atoms with Crippen LogP contribution in [0.2, 0.25) is 0 Å². The Morgan fingerprint density at radius 2 is 1.84 bits per heavy atom. The quantitative estimate of drug-likeness (QED) is 0.598. The van der Waals surface area contributed by atoms with E-state index in [-0.39, 0.29) is 12.5 Å². The van der Waals surface area contributed by atoms with Gasteiger partial charge in [0.25, 0.3) is 0 Å². The monoisotopic (exact) mass is 352 g/mol. The minimum absolute atomic E-state index is 0.0336. The van der Waals surface area contributed by atoms with Crippen molar-refractivity contribution in [3.63, 3.8) is 0 Å². The highest BCUT2D eigenvalue weighted by Crippen LogP contribution is 2.39. The van der Waals surface area contributed by atoms with Crippen molar-refractivity contribution >= 4 is 11.9 Å². The lowest BCUT2D eigenvalue weighted by atomic mass is 9.80. The molecule has 1 N–H and O–H groups in total. The predicted octanol–water partition coefficient (Wildman–Crippen LogP) is 0.702. The van der Waals surface area contributed by atoms with Crippen molar-refractivity contribution < 1.29 is 14.3 Å². The van der Waals surface area contributed by atoms with Crippen LogP contribution in [-0.4, -0.2) is 87.9 Å². The maximum absolute atomic E-state index is 12.0. The van der Waals surface area contributed by atoms with Gasteiger partial charge in [0, 0.05) is 59.7 Å². The van der Waals surface area contributed by atoms with Crippen LogP contribution in [-0.2, 0) is 14.3 Å². The molecule has 1 amide bonds. The molecule has 3 heterocycles. The number of nitrogens with one attached hydrogen (secondary N) is 1. The standard InChI is InChI=1S/C18H32N4O3/c1-21(2)16(23)13-19-17(20-15-3-9-24-10-4-15)22-8-5-18(14-22)6-11-25-12-7-18/h15H,3-14H2,1-2H3,(H,19,20). The minimum atomic E-state index is 0.0336. The Morgan fingerprint density at radius 1 is 1.16 bits per heavy atom. The zero-order valence-corrected chi connectivity index (χ0v) is 15.6. The highest BCUT2D eigenvalue weighted by molar-refractivity contribution is 5.85. The van der Waals surface area contributed by atoms with E-state index in [1.807, 2.05) is 0 Å². The molecule has 0 aromatic carbocycles. The Kier molecular flexibility index (Phi) is 6.17. The molecule has 3 fully saturated rings. The summed E-state index contributed by atoms with van der Waals surface area (Å²) >= 11 is 0. The van der Waals surface area contributed by atoms with Gasteiger partial charge >= 0.3 is 0 Å². The van der Waals surface area contributed by atoms with Crippen molar-refractivity contribution in [2.75, 3.05) is 60.2 Å². The Labute approximate surface area is 150 Å². The van der Waals surface area contributed by atoms with Crippen LogP contribution in [0.5, 0.6) is 0 Å². The van der Waals surface area contributed by atoms with Gasteiger partial charge in [-0.2, -0.15) is 0 Å². The van der Waals surface area contributed by atoms with Crippen molar-refractivity contribution in [3.8, 4) is 0 Å². The molecular formula is C18H32N4O3. The number of carbonyl (C=O) groups is 1. The molecular weight excluding hydrogens is 320 g/mol. The van der Waals surface area contributed by atoms with Crippen molar-refractivity contribution in [2.24, 2.45) is 10.4 Å². The number of guanidine groups is 1. The predicted molar refractivity (Wildman–Crippen MR) is 96.6 cm³/mol. The number of likely N-dealkylation sites (tertiary alicyclic amines) is 1. The van der Waals surface area contributed by atoms with Gasteiger partial charge in [-0.15, -0.1) is 0 Å². The maximum atomic E-state index is 12.0. The molecule has 0 saturated carbocycles. The van der Waals surface area contributed by atoms with Crippen LogP contribution in [0.15, 0.2) is 4.99 Å². The Bertz CT molecular complexity index is 483. The number of nitrogens with zero attached hydrogens (tertiary/aromatic N) is 3. The molecule has 3 aliphatic rings. The first kappa shape index (κ1) is 18.5. The molecule has 3 saturated heterocycles. The van der Waals surface area contributed by atoms with E-state index >= 15 is 0 Å². The third kappa shape index (κ3) is 4.85. The second-order valence-corrected chi connectivity index (χ2v) is 7.74. The van der Waals surface area contributed by atoms with Gasteiger partial charge < -0.3 is 24.6 Å². The molecule has 0 aromatic rings. The Hall–Kier alpha value is -1.34. The second kappa shape index (κ2) is 8.36. The van der Waals surface area contributed by atoms with Crippen LogP contribution in [0.3, 0.4) is 0 Å². The van der Waals surface area contributed by atoms with Crippen molar-refractivity contribution in [2.45, 2.75) is 38.1 Å². The number of rotatable bonds is 3. The number of carbonyl (C=O) groups excluding carboxylic acids is 1. The lowest BCUT2D eigenvalue weighted by Crippen LogP contribution is -2.48. The van der Waals surface area contributed by atoms with Gasteiger partial charge in [-0.25, -0.2) is 4.99 Å². The van der Waals surface area contributed by atoms with Gasteiger partial charge in [-0.05, 0) is 37.5 Å². The molecule has 0 radical (unpaired) electrons. The first-order chi connectivity index (χ1) is 12.1. The SMILES string of the molecule is CN(C)C(=O)CN=C(NC1CCOCC1)N1CCC2(CCOCC2)C1. The summed E-state index contributed by atoms with van der Waals surface area (Å²) in [5.74, 6) is 0.928. The third-order valence-corrected chi connectivity index (χ3v) is 5.71. The molecule has 0 aromatic heterocycles. The molecule has 7 nitrogen and oxygen atoms in total. The van der Waals surface area contributed by atoms with E-state index in [1.165, 1.54) is 6.42 Å². The summed E-state index contributed by atoms with van der Waals surface area (Å²) in [5, 5.41) is 3.61. The van der Waals surface area contributed by atoms with Gasteiger partial charge in [0.15, 0.2) is 5.96 Å². The third-order valence-electron chi connectivity index (χ3n) is 5.71. The summed E-state index contributed by atoms with van der Waals surface area (Å²) in [4.78, 5) is 20.6. The number of hydrogen-bond acceptors (Lipinski definition) is 4. The van der Waals surface area contributed by atoms with E-state index in [9.17, 15) is 4.79 Å². The number of hydrogen-bond donors (Lipinski definition) is 1. The van der Waals surface area contributed by atoms with Crippen LogP contribution < -0.4 is 5.32 Å². The number of amides is 1. The van der Waals surface area contributed by atoms with Crippen molar-refractivity contribution in [1.29, 1.82) is 0 Å². The zero-order valence-electron chi connectivity index (χ0n) is 15.6. The second-order valence-electron chi connectivity index (χ2n) is 7.74. The molecule has 7 heteroatoms. The molecule has 0 aliphatic carbocycles. The smallest absolute Gasteiger partial charge is 0.243 e. The van der Waals surface area contributed by atoms with Crippen molar-refractivity contribution in [3.05, 3.63) is 0 Å². The summed E-state index contributed by atoms with van der Waals surface area (Å²) < 4.78 is 11.0. The van der Waals surface area contributed by atoms with E-state index in [0.717, 1.165) is 71.2 Å². The number of aliphatic imine (C=N–C) groups is 1. The lowest BCUT2D eigenvalue weighted by Gasteiger charge is -2.34. The summed E-state index contributed by atoms with van der Waals surface area (Å²) in [6, 6.07) is 0.383. The molecule has 3 aliphatic heterocycles. The topological polar surface area (TPSA) is 66.4 Å². The van der Waals surface area contributed by atoms with Gasteiger partial charge in [-0.3, -0.25) is 4.79 Å². The Morgan fingerprint density at radius 3 is 2.52 bits per heavy atom. The van der Waals surface area contributed by atoms with E-state index in [4.69, 9.17) is 9.47 Å². The van der Waals surface area contributed by atoms with Crippen molar-refractivity contribution in [1.82, 2.24) is 15.1 Å². The highest BCUT2D eigenvalue weighted by atomic mass is 16.5. The highest BCUT2D eigenvalue weighted by Gasteiger charge is 2.40. The van der Waals surface area contributed by atoms with E-state index < -0.39 is 0 Å². The zero-order chi connectivity index (χ0) is 17.7. The Balaban J connectivity index is 1.66. The fourth-order valence-electron chi connectivity index (χ4n) is 3.87. The summed E-state index contributed by atoms with van der Waals surface area (Å²) in [6.45, 7) is 5.54. The molecule has 3 rings (SSSR count). The van der Waals surface area contributed by atoms with Crippen LogP contribution in [0.1, 0.15) is 32.1 Å². The number of likely N-dealkylation sites (N-methyl/N-ethyl adjacent to an activating group) is 1. The normalized spacial score (nSPS) is 24.6. The molecule has 0 bridgehead atoms. The van der Waals surface area contributed by atoms with Crippen LogP contribution in [0, 0.1) is 5.41 Å². The first-order valence-corrected chi connectivity index (χ1v) is 9.50. The average molecular weight is 352 g/mol. The molecule has 0 unspecified atom stereocenters. The van der Waals surface area contributed by atoms with E-state index in [1.54, 1.807) is 19.0 Å². The lowest BCUT2D eigenvalue weighted by molar-refractivity contribution is -0.127. The van der Waals surface area contributed by atoms with Crippen LogP contribution in [0.25, 0.3) is 0 Å². The molecule has 142 valence electrons. The minimum Gasteiger partial charge on any atom is -0.381 e. The van der Waals surface area contributed by atoms with Gasteiger partial charge in [0.2, 0.25) is 5.91 Å². The number of ether oxygens (including phenoxy) is 2. The fraction of sp³-hybridized carbons (Fsp3) is 0.889. The summed E-state index contributed by atoms with van der Waals surface area (Å²) in [5.41, 5.74) is 0.363. The fourth-order valence-corrected chi connectivity index (χ4v) is 3.87. The van der Waals surface area contributed by atoms with Gasteiger partial charge in [-0.1, -0.05) is 0 Å². The first-order valence-electron chi connectivity index (χ1n) is 9.50. The maximum Gasteiger partial charge on any atom is 0.243 e. The summed E-state index contributed by atoms with van der Waals surface area (Å²) in [6.07, 6.45) is 5.43. The van der Waals surface area contributed by atoms with E-state index in [2.05, 4.69) is 15.2 Å². The largest absolute Gasteiger partial charge is 0.381 e. The van der Waals surface area contributed by atoms with Crippen LogP contribution in [0.4, 0.5) is 0 Å².